The van der Waals surface area contributed by atoms with Crippen LogP contribution in [0.1, 0.15) is 65.5 Å². The van der Waals surface area contributed by atoms with Crippen molar-refractivity contribution in [2.24, 2.45) is 0 Å². The van der Waals surface area contributed by atoms with E-state index in [1.54, 1.807) is 0 Å². The fraction of sp³-hybridized carbons (Fsp3) is 0.200. The summed E-state index contributed by atoms with van der Waals surface area (Å²) in [4.78, 5) is 2.60. The van der Waals surface area contributed by atoms with Crippen molar-refractivity contribution in [2.45, 2.75) is 50.2 Å². The molecule has 0 aromatic heterocycles. The number of hydrogen-bond acceptors (Lipinski definition) is 2. The van der Waals surface area contributed by atoms with Gasteiger partial charge in [-0.05, 0) is 89.9 Å². The second-order valence-electron chi connectivity index (χ2n) is 12.2. The summed E-state index contributed by atoms with van der Waals surface area (Å²) >= 11 is 2.11. The lowest BCUT2D eigenvalue weighted by Gasteiger charge is -2.38. The molecule has 1 nitrogen and oxygen atoms in total. The number of nitrogens with zero attached hydrogens (tertiary/aromatic N) is 1. The summed E-state index contributed by atoms with van der Waals surface area (Å²) in [6.07, 6.45) is 7.25. The first-order valence-corrected chi connectivity index (χ1v) is 16.2. The van der Waals surface area contributed by atoms with E-state index in [0.717, 1.165) is 6.42 Å². The highest BCUT2D eigenvalue weighted by Gasteiger charge is 2.34. The highest BCUT2D eigenvalue weighted by molar-refractivity contribution is 8.00. The molecule has 5 aromatic rings. The van der Waals surface area contributed by atoms with E-state index < -0.39 is 0 Å². The predicted molar refractivity (Wildman–Crippen MR) is 183 cm³/mol. The molecule has 3 unspecified atom stereocenters. The number of anilines is 2. The Hall–Kier alpha value is -4.01. The lowest BCUT2D eigenvalue weighted by Crippen LogP contribution is -2.33. The molecule has 1 aliphatic heterocycles. The second-order valence-corrected chi connectivity index (χ2v) is 13.4. The van der Waals surface area contributed by atoms with Gasteiger partial charge < -0.3 is 4.90 Å². The van der Waals surface area contributed by atoms with Crippen LogP contribution in [0.2, 0.25) is 0 Å². The number of para-hydroxylation sites is 1. The minimum absolute atomic E-state index is 0.340. The van der Waals surface area contributed by atoms with Crippen LogP contribution in [0.3, 0.4) is 0 Å². The first-order chi connectivity index (χ1) is 20.6. The third-order valence-corrected chi connectivity index (χ3v) is 11.3. The maximum atomic E-state index is 2.60. The second kappa shape index (κ2) is 10.1. The number of rotatable bonds is 4. The third kappa shape index (κ3) is 4.00. The van der Waals surface area contributed by atoms with Gasteiger partial charge in [-0.15, -0.1) is 11.8 Å². The van der Waals surface area contributed by atoms with Gasteiger partial charge in [-0.3, -0.25) is 0 Å². The maximum Gasteiger partial charge on any atom is 0.0523 e. The SMILES string of the molecule is CC1=Cc2c(-c3cccc4ccccc34)cccc2C1SC1C(C)=Cc2c1cccc2N1c2ccccc2CCC1C. The topological polar surface area (TPSA) is 3.24 Å². The molecule has 2 heteroatoms. The molecule has 0 bridgehead atoms. The van der Waals surface area contributed by atoms with E-state index >= 15 is 0 Å². The van der Waals surface area contributed by atoms with Crippen molar-refractivity contribution in [3.8, 4) is 11.1 Å². The van der Waals surface area contributed by atoms with Crippen LogP contribution in [0, 0.1) is 0 Å². The molecule has 2 aliphatic carbocycles. The highest BCUT2D eigenvalue weighted by Crippen LogP contribution is 2.57. The molecule has 42 heavy (non-hydrogen) atoms. The Morgan fingerprint density at radius 3 is 2.10 bits per heavy atom. The van der Waals surface area contributed by atoms with Crippen molar-refractivity contribution in [2.75, 3.05) is 4.90 Å². The monoisotopic (exact) mass is 561 g/mol. The van der Waals surface area contributed by atoms with Crippen molar-refractivity contribution >= 4 is 46.1 Å². The van der Waals surface area contributed by atoms with Crippen LogP contribution in [0.5, 0.6) is 0 Å². The average Bonchev–Trinajstić information content (AvgIpc) is 3.52. The van der Waals surface area contributed by atoms with Crippen molar-refractivity contribution in [1.82, 2.24) is 0 Å². The summed E-state index contributed by atoms with van der Waals surface area (Å²) in [6.45, 7) is 7.03. The molecule has 0 saturated carbocycles. The van der Waals surface area contributed by atoms with E-state index in [-0.39, 0.29) is 0 Å². The molecular weight excluding hydrogens is 527 g/mol. The number of fused-ring (bicyclic) bond motifs is 4. The lowest BCUT2D eigenvalue weighted by atomic mass is 9.93. The first-order valence-electron chi connectivity index (χ1n) is 15.2. The summed E-state index contributed by atoms with van der Waals surface area (Å²) in [5.41, 5.74) is 15.4. The standard InChI is InChI=1S/C40H35NS/c1-25-23-35-32(31-15-8-13-28-11-4-6-14-30(28)31)16-9-17-33(35)39(25)42-40-26(2)24-36-34(40)18-10-20-38(36)41-27(3)21-22-29-12-5-7-19-37(29)41/h4-20,23-24,27,39-40H,21-22H2,1-3H3. The maximum absolute atomic E-state index is 2.60. The van der Waals surface area contributed by atoms with Gasteiger partial charge in [0.05, 0.1) is 10.5 Å². The molecule has 0 amide bonds. The van der Waals surface area contributed by atoms with Crippen LogP contribution in [-0.2, 0) is 6.42 Å². The summed E-state index contributed by atoms with van der Waals surface area (Å²) in [5.74, 6) is 0. The number of thioether (sulfide) groups is 1. The number of benzene rings is 5. The van der Waals surface area contributed by atoms with E-state index in [2.05, 4.69) is 153 Å². The first kappa shape index (κ1) is 25.7. The van der Waals surface area contributed by atoms with Gasteiger partial charge in [0, 0.05) is 23.0 Å². The van der Waals surface area contributed by atoms with Crippen LogP contribution >= 0.6 is 11.8 Å². The summed E-state index contributed by atoms with van der Waals surface area (Å²) in [5, 5.41) is 3.30. The predicted octanol–water partition coefficient (Wildman–Crippen LogP) is 11.3. The van der Waals surface area contributed by atoms with Crippen molar-refractivity contribution in [1.29, 1.82) is 0 Å². The quantitative estimate of drug-likeness (QED) is 0.215. The molecule has 5 aromatic carbocycles. The molecule has 0 fully saturated rings. The molecule has 8 rings (SSSR count). The van der Waals surface area contributed by atoms with Crippen molar-refractivity contribution < 1.29 is 0 Å². The zero-order chi connectivity index (χ0) is 28.4. The molecule has 1 heterocycles. The van der Waals surface area contributed by atoms with Gasteiger partial charge in [0.2, 0.25) is 0 Å². The minimum atomic E-state index is 0.340. The van der Waals surface area contributed by atoms with E-state index in [4.69, 9.17) is 0 Å². The average molecular weight is 562 g/mol. The van der Waals surface area contributed by atoms with Crippen LogP contribution in [0.4, 0.5) is 11.4 Å². The fourth-order valence-electron chi connectivity index (χ4n) is 7.48. The fourth-order valence-corrected chi connectivity index (χ4v) is 9.03. The van der Waals surface area contributed by atoms with E-state index in [0.29, 0.717) is 16.5 Å². The summed E-state index contributed by atoms with van der Waals surface area (Å²) in [6, 6.07) is 38.8. The summed E-state index contributed by atoms with van der Waals surface area (Å²) < 4.78 is 0. The molecular formula is C40H35NS. The Labute approximate surface area is 253 Å². The number of aryl methyl sites for hydroxylation is 1. The Bertz CT molecular complexity index is 1920. The molecule has 0 N–H and O–H groups in total. The van der Waals surface area contributed by atoms with Gasteiger partial charge in [-0.25, -0.2) is 0 Å². The van der Waals surface area contributed by atoms with Crippen molar-refractivity contribution in [3.63, 3.8) is 0 Å². The largest absolute Gasteiger partial charge is 0.338 e. The molecule has 3 aliphatic rings. The summed E-state index contributed by atoms with van der Waals surface area (Å²) in [7, 11) is 0. The van der Waals surface area contributed by atoms with Gasteiger partial charge >= 0.3 is 0 Å². The molecule has 0 saturated heterocycles. The van der Waals surface area contributed by atoms with Crippen LogP contribution in [0.15, 0.2) is 114 Å². The van der Waals surface area contributed by atoms with Crippen LogP contribution in [0.25, 0.3) is 34.1 Å². The Kier molecular flexibility index (Phi) is 6.16. The Morgan fingerprint density at radius 2 is 1.24 bits per heavy atom. The third-order valence-electron chi connectivity index (χ3n) is 9.53. The Morgan fingerprint density at radius 1 is 0.619 bits per heavy atom. The van der Waals surface area contributed by atoms with E-state index in [9.17, 15) is 0 Å². The van der Waals surface area contributed by atoms with E-state index in [1.165, 1.54) is 78.7 Å². The minimum Gasteiger partial charge on any atom is -0.338 e. The van der Waals surface area contributed by atoms with E-state index in [1.807, 2.05) is 0 Å². The van der Waals surface area contributed by atoms with Gasteiger partial charge in [-0.1, -0.05) is 114 Å². The van der Waals surface area contributed by atoms with Crippen molar-refractivity contribution in [3.05, 3.63) is 142 Å². The molecule has 206 valence electrons. The van der Waals surface area contributed by atoms with Crippen LogP contribution < -0.4 is 4.90 Å². The van der Waals surface area contributed by atoms with Gasteiger partial charge in [0.1, 0.15) is 0 Å². The molecule has 0 radical (unpaired) electrons. The molecule has 3 atom stereocenters. The van der Waals surface area contributed by atoms with Gasteiger partial charge in [-0.2, -0.15) is 0 Å². The number of hydrogen-bond donors (Lipinski definition) is 0. The van der Waals surface area contributed by atoms with Crippen LogP contribution in [-0.4, -0.2) is 6.04 Å². The normalized spacial score (nSPS) is 20.6. The zero-order valence-corrected chi connectivity index (χ0v) is 25.3. The molecule has 0 spiro atoms. The Balaban J connectivity index is 1.17. The van der Waals surface area contributed by atoms with Gasteiger partial charge in [0.15, 0.2) is 0 Å². The lowest BCUT2D eigenvalue weighted by molar-refractivity contribution is 0.618. The highest BCUT2D eigenvalue weighted by atomic mass is 32.2. The smallest absolute Gasteiger partial charge is 0.0523 e. The van der Waals surface area contributed by atoms with Gasteiger partial charge in [0.25, 0.3) is 0 Å². The zero-order valence-electron chi connectivity index (χ0n) is 24.5.